The van der Waals surface area contributed by atoms with E-state index in [1.165, 1.54) is 19.2 Å². The van der Waals surface area contributed by atoms with Crippen molar-refractivity contribution in [2.24, 2.45) is 0 Å². The van der Waals surface area contributed by atoms with Gasteiger partial charge in [-0.1, -0.05) is 0 Å². The topological polar surface area (TPSA) is 68.5 Å². The highest BCUT2D eigenvalue weighted by Gasteiger charge is 2.16. The number of esters is 1. The molecule has 0 saturated heterocycles. The van der Waals surface area contributed by atoms with E-state index in [4.69, 9.17) is 4.42 Å². The fourth-order valence-electron chi connectivity index (χ4n) is 1.91. The monoisotopic (exact) mass is 291 g/mol. The number of anilines is 1. The number of aryl methyl sites for hydroxylation is 2. The van der Waals surface area contributed by atoms with Crippen LogP contribution < -0.4 is 5.32 Å². The van der Waals surface area contributed by atoms with Crippen LogP contribution in [0.5, 0.6) is 0 Å². The average Bonchev–Trinajstić information content (AvgIpc) is 2.79. The molecule has 1 amide bonds. The van der Waals surface area contributed by atoms with E-state index in [0.717, 1.165) is 6.07 Å². The summed E-state index contributed by atoms with van der Waals surface area (Å²) >= 11 is 0. The molecular formula is C15H14FNO4. The quantitative estimate of drug-likeness (QED) is 0.882. The molecule has 0 saturated carbocycles. The number of carbonyl (C=O) groups excluding carboxylic acids is 2. The van der Waals surface area contributed by atoms with Crippen molar-refractivity contribution in [3.63, 3.8) is 0 Å². The van der Waals surface area contributed by atoms with E-state index in [1.54, 1.807) is 19.9 Å². The third-order valence-electron chi connectivity index (χ3n) is 2.92. The third kappa shape index (κ3) is 3.10. The first kappa shape index (κ1) is 14.8. The summed E-state index contributed by atoms with van der Waals surface area (Å²) in [6.07, 6.45) is 0. The lowest BCUT2D eigenvalue weighted by molar-refractivity contribution is 0.0600. The van der Waals surface area contributed by atoms with Gasteiger partial charge in [-0.15, -0.1) is 0 Å². The Morgan fingerprint density at radius 2 is 1.95 bits per heavy atom. The number of ether oxygens (including phenoxy) is 1. The molecule has 1 N–H and O–H groups in total. The smallest absolute Gasteiger partial charge is 0.337 e. The summed E-state index contributed by atoms with van der Waals surface area (Å²) in [5.74, 6) is -0.740. The average molecular weight is 291 g/mol. The minimum Gasteiger partial charge on any atom is -0.466 e. The number of nitrogens with one attached hydrogen (secondary N) is 1. The first-order valence-electron chi connectivity index (χ1n) is 6.18. The van der Waals surface area contributed by atoms with E-state index in [2.05, 4.69) is 10.1 Å². The van der Waals surface area contributed by atoms with Gasteiger partial charge in [-0.3, -0.25) is 4.79 Å². The van der Waals surface area contributed by atoms with Gasteiger partial charge in [-0.05, 0) is 38.1 Å². The first-order valence-corrected chi connectivity index (χ1v) is 6.18. The number of benzene rings is 1. The zero-order chi connectivity index (χ0) is 15.6. The molecule has 0 radical (unpaired) electrons. The number of carbonyl (C=O) groups is 2. The molecule has 0 spiro atoms. The van der Waals surface area contributed by atoms with Crippen LogP contribution in [0.15, 0.2) is 28.7 Å². The van der Waals surface area contributed by atoms with Gasteiger partial charge in [0, 0.05) is 0 Å². The van der Waals surface area contributed by atoms with Gasteiger partial charge in [0.2, 0.25) is 0 Å². The normalized spacial score (nSPS) is 10.3. The number of hydrogen-bond acceptors (Lipinski definition) is 4. The van der Waals surface area contributed by atoms with Crippen molar-refractivity contribution in [2.45, 2.75) is 13.8 Å². The maximum Gasteiger partial charge on any atom is 0.337 e. The van der Waals surface area contributed by atoms with E-state index in [1.807, 2.05) is 0 Å². The fraction of sp³-hybridized carbons (Fsp3) is 0.200. The number of halogens is 1. The number of hydrogen-bond donors (Lipinski definition) is 1. The van der Waals surface area contributed by atoms with Gasteiger partial charge in [-0.25, -0.2) is 9.18 Å². The van der Waals surface area contributed by atoms with Crippen LogP contribution in [-0.2, 0) is 4.74 Å². The second-order valence-electron chi connectivity index (χ2n) is 4.47. The van der Waals surface area contributed by atoms with Crippen molar-refractivity contribution in [1.82, 2.24) is 0 Å². The predicted molar refractivity (Wildman–Crippen MR) is 73.9 cm³/mol. The van der Waals surface area contributed by atoms with Crippen molar-refractivity contribution in [1.29, 1.82) is 0 Å². The molecule has 0 aliphatic carbocycles. The minimum absolute atomic E-state index is 0.0962. The number of furan rings is 1. The van der Waals surface area contributed by atoms with Crippen LogP contribution in [-0.4, -0.2) is 19.0 Å². The van der Waals surface area contributed by atoms with Crippen molar-refractivity contribution >= 4 is 17.6 Å². The van der Waals surface area contributed by atoms with Crippen molar-refractivity contribution in [3.8, 4) is 0 Å². The Morgan fingerprint density at radius 1 is 1.24 bits per heavy atom. The number of amides is 1. The standard InChI is InChI=1S/C15H14FNO4/c1-8-6-11(9(2)21-8)14(18)17-13-7-10(15(19)20-3)4-5-12(13)16/h4-7H,1-3H3,(H,17,18). The molecule has 0 aliphatic heterocycles. The second-order valence-corrected chi connectivity index (χ2v) is 4.47. The van der Waals surface area contributed by atoms with Gasteiger partial charge in [0.25, 0.3) is 5.91 Å². The Labute approximate surface area is 120 Å². The Bertz CT molecular complexity index is 706. The summed E-state index contributed by atoms with van der Waals surface area (Å²) in [7, 11) is 1.22. The summed E-state index contributed by atoms with van der Waals surface area (Å²) in [4.78, 5) is 23.5. The van der Waals surface area contributed by atoms with Crippen LogP contribution >= 0.6 is 0 Å². The predicted octanol–water partition coefficient (Wildman–Crippen LogP) is 3.07. The number of rotatable bonds is 3. The van der Waals surface area contributed by atoms with Crippen LogP contribution in [0.1, 0.15) is 32.2 Å². The molecule has 5 nitrogen and oxygen atoms in total. The van der Waals surface area contributed by atoms with Crippen molar-refractivity contribution in [2.75, 3.05) is 12.4 Å². The SMILES string of the molecule is COC(=O)c1ccc(F)c(NC(=O)c2cc(C)oc2C)c1. The van der Waals surface area contributed by atoms with Gasteiger partial charge in [0.05, 0.1) is 23.9 Å². The minimum atomic E-state index is -0.645. The molecule has 2 aromatic rings. The summed E-state index contributed by atoms with van der Waals surface area (Å²) in [5.41, 5.74) is 0.367. The molecule has 1 heterocycles. The maximum absolute atomic E-state index is 13.7. The number of methoxy groups -OCH3 is 1. The molecule has 0 unspecified atom stereocenters. The Kier molecular flexibility index (Phi) is 4.07. The molecule has 21 heavy (non-hydrogen) atoms. The molecule has 110 valence electrons. The third-order valence-corrected chi connectivity index (χ3v) is 2.92. The molecule has 0 fully saturated rings. The lowest BCUT2D eigenvalue weighted by Gasteiger charge is -2.07. The van der Waals surface area contributed by atoms with E-state index >= 15 is 0 Å². The van der Waals surface area contributed by atoms with Crippen LogP contribution in [0.3, 0.4) is 0 Å². The highest BCUT2D eigenvalue weighted by molar-refractivity contribution is 6.05. The van der Waals surface area contributed by atoms with Gasteiger partial charge in [-0.2, -0.15) is 0 Å². The largest absolute Gasteiger partial charge is 0.466 e. The molecule has 6 heteroatoms. The molecule has 0 aliphatic rings. The maximum atomic E-state index is 13.7. The Hall–Kier alpha value is -2.63. The first-order chi connectivity index (χ1) is 9.92. The van der Waals surface area contributed by atoms with Crippen molar-refractivity contribution < 1.29 is 23.1 Å². The second kappa shape index (κ2) is 5.78. The lowest BCUT2D eigenvalue weighted by atomic mass is 10.1. The lowest BCUT2D eigenvalue weighted by Crippen LogP contribution is -2.14. The van der Waals surface area contributed by atoms with Crippen LogP contribution in [0.4, 0.5) is 10.1 Å². The zero-order valence-electron chi connectivity index (χ0n) is 11.8. The molecular weight excluding hydrogens is 277 g/mol. The molecule has 1 aromatic heterocycles. The van der Waals surface area contributed by atoms with Crippen LogP contribution in [0.25, 0.3) is 0 Å². The van der Waals surface area contributed by atoms with Gasteiger partial charge < -0.3 is 14.5 Å². The summed E-state index contributed by atoms with van der Waals surface area (Å²) in [6.45, 7) is 3.35. The Morgan fingerprint density at radius 3 is 2.52 bits per heavy atom. The highest BCUT2D eigenvalue weighted by Crippen LogP contribution is 2.20. The van der Waals surface area contributed by atoms with E-state index in [0.29, 0.717) is 17.1 Å². The highest BCUT2D eigenvalue weighted by atomic mass is 19.1. The zero-order valence-corrected chi connectivity index (χ0v) is 11.8. The van der Waals surface area contributed by atoms with Crippen LogP contribution in [0.2, 0.25) is 0 Å². The van der Waals surface area contributed by atoms with Gasteiger partial charge >= 0.3 is 5.97 Å². The van der Waals surface area contributed by atoms with Gasteiger partial charge in [0.1, 0.15) is 17.3 Å². The summed E-state index contributed by atoms with van der Waals surface area (Å²) in [5, 5.41) is 2.42. The van der Waals surface area contributed by atoms with E-state index in [9.17, 15) is 14.0 Å². The molecule has 1 aromatic carbocycles. The van der Waals surface area contributed by atoms with Gasteiger partial charge in [0.15, 0.2) is 0 Å². The molecule has 2 rings (SSSR count). The Balaban J connectivity index is 2.28. The van der Waals surface area contributed by atoms with E-state index < -0.39 is 17.7 Å². The van der Waals surface area contributed by atoms with Crippen molar-refractivity contribution in [3.05, 3.63) is 52.7 Å². The molecule has 0 bridgehead atoms. The van der Waals surface area contributed by atoms with E-state index in [-0.39, 0.29) is 11.3 Å². The fourth-order valence-corrected chi connectivity index (χ4v) is 1.91. The summed E-state index contributed by atoms with van der Waals surface area (Å²) in [6, 6.07) is 5.16. The van der Waals surface area contributed by atoms with Crippen LogP contribution in [0, 0.1) is 19.7 Å². The molecule has 0 atom stereocenters. The summed E-state index contributed by atoms with van der Waals surface area (Å²) < 4.78 is 23.5.